The Morgan fingerprint density at radius 3 is 2.38 bits per heavy atom. The van der Waals surface area contributed by atoms with Gasteiger partial charge in [0, 0.05) is 15.8 Å². The lowest BCUT2D eigenvalue weighted by molar-refractivity contribution is -0.151. The number of ether oxygens (including phenoxy) is 1. The Kier molecular flexibility index (Phi) is 7.24. The first-order valence-electron chi connectivity index (χ1n) is 7.07. The number of rotatable bonds is 6. The predicted molar refractivity (Wildman–Crippen MR) is 93.5 cm³/mol. The van der Waals surface area contributed by atoms with E-state index < -0.39 is 5.60 Å². The van der Waals surface area contributed by atoms with Crippen LogP contribution in [0.1, 0.15) is 44.9 Å². The van der Waals surface area contributed by atoms with Crippen molar-refractivity contribution in [2.24, 2.45) is 5.73 Å². The molecule has 0 amide bonds. The molecule has 0 aliphatic heterocycles. The summed E-state index contributed by atoms with van der Waals surface area (Å²) in [5.74, 6) is 0.115. The average Bonchev–Trinajstić information content (AvgIpc) is 2.38. The van der Waals surface area contributed by atoms with E-state index in [1.54, 1.807) is 11.8 Å². The van der Waals surface area contributed by atoms with E-state index in [1.165, 1.54) is 0 Å². The SMILES string of the molecule is CCC(N)C(SCC(=O)OC(C)(C)C)c1ccc(Br)cc1. The first kappa shape index (κ1) is 18.5. The number of carbonyl (C=O) groups is 1. The molecule has 0 spiro atoms. The van der Waals surface area contributed by atoms with Crippen molar-refractivity contribution >= 4 is 33.7 Å². The zero-order valence-electron chi connectivity index (χ0n) is 13.1. The Morgan fingerprint density at radius 2 is 1.90 bits per heavy atom. The predicted octanol–water partition coefficient (Wildman–Crippen LogP) is 4.30. The molecule has 118 valence electrons. The van der Waals surface area contributed by atoms with Crippen molar-refractivity contribution < 1.29 is 9.53 Å². The van der Waals surface area contributed by atoms with Crippen LogP contribution in [-0.2, 0) is 9.53 Å². The fourth-order valence-electron chi connectivity index (χ4n) is 1.86. The monoisotopic (exact) mass is 373 g/mol. The first-order chi connectivity index (χ1) is 9.73. The van der Waals surface area contributed by atoms with Gasteiger partial charge in [-0.05, 0) is 44.9 Å². The smallest absolute Gasteiger partial charge is 0.316 e. The molecule has 2 unspecified atom stereocenters. The number of esters is 1. The number of halogens is 1. The van der Waals surface area contributed by atoms with E-state index in [0.29, 0.717) is 5.75 Å². The van der Waals surface area contributed by atoms with E-state index in [1.807, 2.05) is 45.0 Å². The van der Waals surface area contributed by atoms with E-state index in [0.717, 1.165) is 16.5 Å². The Labute approximate surface area is 140 Å². The van der Waals surface area contributed by atoms with Crippen molar-refractivity contribution in [2.75, 3.05) is 5.75 Å². The first-order valence-corrected chi connectivity index (χ1v) is 8.91. The van der Waals surface area contributed by atoms with Gasteiger partial charge in [-0.3, -0.25) is 4.79 Å². The summed E-state index contributed by atoms with van der Waals surface area (Å²) in [4.78, 5) is 11.9. The fraction of sp³-hybridized carbons (Fsp3) is 0.562. The second-order valence-corrected chi connectivity index (χ2v) is 7.99. The van der Waals surface area contributed by atoms with Crippen LogP contribution in [0.15, 0.2) is 28.7 Å². The van der Waals surface area contributed by atoms with E-state index in [4.69, 9.17) is 10.5 Å². The molecule has 5 heteroatoms. The van der Waals surface area contributed by atoms with Gasteiger partial charge in [-0.25, -0.2) is 0 Å². The van der Waals surface area contributed by atoms with Gasteiger partial charge in [0.2, 0.25) is 0 Å². The molecule has 0 bridgehead atoms. The zero-order chi connectivity index (χ0) is 16.0. The summed E-state index contributed by atoms with van der Waals surface area (Å²) in [6, 6.07) is 8.11. The third-order valence-corrected chi connectivity index (χ3v) is 4.77. The normalized spacial score (nSPS) is 14.6. The molecule has 1 aromatic rings. The highest BCUT2D eigenvalue weighted by atomic mass is 79.9. The van der Waals surface area contributed by atoms with Crippen molar-refractivity contribution in [3.05, 3.63) is 34.3 Å². The topological polar surface area (TPSA) is 52.3 Å². The molecule has 2 atom stereocenters. The van der Waals surface area contributed by atoms with Crippen LogP contribution in [0.2, 0.25) is 0 Å². The van der Waals surface area contributed by atoms with Gasteiger partial charge in [-0.1, -0.05) is 35.0 Å². The van der Waals surface area contributed by atoms with Gasteiger partial charge in [-0.2, -0.15) is 0 Å². The molecule has 1 rings (SSSR count). The van der Waals surface area contributed by atoms with Gasteiger partial charge in [0.15, 0.2) is 0 Å². The standard InChI is InChI=1S/C16H24BrNO2S/c1-5-13(18)15(11-6-8-12(17)9-7-11)21-10-14(19)20-16(2,3)4/h6-9,13,15H,5,10,18H2,1-4H3. The Morgan fingerprint density at radius 1 is 1.33 bits per heavy atom. The summed E-state index contributed by atoms with van der Waals surface area (Å²) in [5.41, 5.74) is 6.91. The molecule has 1 aromatic carbocycles. The largest absolute Gasteiger partial charge is 0.459 e. The number of benzene rings is 1. The molecule has 0 aliphatic rings. The van der Waals surface area contributed by atoms with Gasteiger partial charge in [0.25, 0.3) is 0 Å². The van der Waals surface area contributed by atoms with Crippen LogP contribution in [0, 0.1) is 0 Å². The van der Waals surface area contributed by atoms with Crippen LogP contribution in [0.5, 0.6) is 0 Å². The Balaban J connectivity index is 2.71. The molecule has 2 N–H and O–H groups in total. The molecule has 0 heterocycles. The maximum atomic E-state index is 11.9. The molecule has 0 aromatic heterocycles. The van der Waals surface area contributed by atoms with Crippen LogP contribution in [0.3, 0.4) is 0 Å². The Bertz CT molecular complexity index is 456. The number of hydrogen-bond donors (Lipinski definition) is 1. The second kappa shape index (κ2) is 8.20. The third-order valence-electron chi connectivity index (χ3n) is 2.86. The summed E-state index contributed by atoms with van der Waals surface area (Å²) in [6.45, 7) is 7.68. The molecule has 0 saturated carbocycles. The fourth-order valence-corrected chi connectivity index (χ4v) is 3.29. The van der Waals surface area contributed by atoms with E-state index >= 15 is 0 Å². The number of nitrogens with two attached hydrogens (primary N) is 1. The lowest BCUT2D eigenvalue weighted by atomic mass is 10.0. The molecular formula is C16H24BrNO2S. The highest BCUT2D eigenvalue weighted by Crippen LogP contribution is 2.33. The van der Waals surface area contributed by atoms with Crippen LogP contribution in [0.4, 0.5) is 0 Å². The maximum absolute atomic E-state index is 11.9. The summed E-state index contributed by atoms with van der Waals surface area (Å²) in [7, 11) is 0. The van der Waals surface area contributed by atoms with Crippen molar-refractivity contribution in [3.63, 3.8) is 0 Å². The van der Waals surface area contributed by atoms with Crippen LogP contribution in [0.25, 0.3) is 0 Å². The minimum atomic E-state index is -0.447. The molecule has 21 heavy (non-hydrogen) atoms. The third kappa shape index (κ3) is 6.85. The van der Waals surface area contributed by atoms with E-state index in [2.05, 4.69) is 22.9 Å². The van der Waals surface area contributed by atoms with E-state index in [-0.39, 0.29) is 17.3 Å². The summed E-state index contributed by atoms with van der Waals surface area (Å²) in [5, 5.41) is 0.0932. The lowest BCUT2D eigenvalue weighted by Crippen LogP contribution is -2.28. The molecule has 0 fully saturated rings. The van der Waals surface area contributed by atoms with Gasteiger partial charge in [0.1, 0.15) is 5.60 Å². The second-order valence-electron chi connectivity index (χ2n) is 5.94. The summed E-state index contributed by atoms with van der Waals surface area (Å²) >= 11 is 4.98. The Hall–Kier alpha value is -0.520. The van der Waals surface area contributed by atoms with Crippen LogP contribution >= 0.6 is 27.7 Å². The van der Waals surface area contributed by atoms with Crippen LogP contribution in [-0.4, -0.2) is 23.4 Å². The summed E-state index contributed by atoms with van der Waals surface area (Å²) in [6.07, 6.45) is 0.863. The minimum Gasteiger partial charge on any atom is -0.459 e. The molecule has 0 aliphatic carbocycles. The number of hydrogen-bond acceptors (Lipinski definition) is 4. The number of carbonyl (C=O) groups excluding carboxylic acids is 1. The average molecular weight is 374 g/mol. The van der Waals surface area contributed by atoms with E-state index in [9.17, 15) is 4.79 Å². The molecular weight excluding hydrogens is 350 g/mol. The number of thioether (sulfide) groups is 1. The van der Waals surface area contributed by atoms with Gasteiger partial charge in [-0.15, -0.1) is 11.8 Å². The molecule has 0 radical (unpaired) electrons. The minimum absolute atomic E-state index is 0.0126. The molecule has 3 nitrogen and oxygen atoms in total. The van der Waals surface area contributed by atoms with Crippen molar-refractivity contribution in [3.8, 4) is 0 Å². The highest BCUT2D eigenvalue weighted by Gasteiger charge is 2.22. The highest BCUT2D eigenvalue weighted by molar-refractivity contribution is 9.10. The van der Waals surface area contributed by atoms with Crippen molar-refractivity contribution in [2.45, 2.75) is 51.0 Å². The van der Waals surface area contributed by atoms with Crippen molar-refractivity contribution in [1.29, 1.82) is 0 Å². The van der Waals surface area contributed by atoms with Gasteiger partial charge in [0.05, 0.1) is 5.75 Å². The lowest BCUT2D eigenvalue weighted by Gasteiger charge is -2.24. The van der Waals surface area contributed by atoms with Crippen LogP contribution < -0.4 is 5.73 Å². The zero-order valence-corrected chi connectivity index (χ0v) is 15.5. The molecule has 0 saturated heterocycles. The summed E-state index contributed by atoms with van der Waals surface area (Å²) < 4.78 is 6.38. The van der Waals surface area contributed by atoms with Gasteiger partial charge < -0.3 is 10.5 Å². The van der Waals surface area contributed by atoms with Crippen molar-refractivity contribution in [1.82, 2.24) is 0 Å². The van der Waals surface area contributed by atoms with Gasteiger partial charge >= 0.3 is 5.97 Å². The quantitative estimate of drug-likeness (QED) is 0.755. The maximum Gasteiger partial charge on any atom is 0.316 e.